The topological polar surface area (TPSA) is 20.2 Å². The highest BCUT2D eigenvalue weighted by atomic mass is 32.2. The smallest absolute Gasteiger partial charge is 0.0696 e. The van der Waals surface area contributed by atoms with Crippen molar-refractivity contribution >= 4 is 11.8 Å². The molecule has 0 radical (unpaired) electrons. The number of hydrogen-bond donors (Lipinski definition) is 1. The van der Waals surface area contributed by atoms with E-state index in [0.29, 0.717) is 5.92 Å². The van der Waals surface area contributed by atoms with Gasteiger partial charge in [-0.2, -0.15) is 11.8 Å². The zero-order valence-electron chi connectivity index (χ0n) is 9.33. The van der Waals surface area contributed by atoms with E-state index in [1.165, 1.54) is 12.8 Å². The van der Waals surface area contributed by atoms with Crippen LogP contribution >= 0.6 is 11.8 Å². The van der Waals surface area contributed by atoms with E-state index in [-0.39, 0.29) is 5.60 Å². The molecule has 2 heterocycles. The van der Waals surface area contributed by atoms with E-state index < -0.39 is 0 Å². The van der Waals surface area contributed by atoms with Crippen LogP contribution in [0, 0.1) is 5.92 Å². The van der Waals surface area contributed by atoms with Crippen LogP contribution in [0.5, 0.6) is 0 Å². The Balaban J connectivity index is 2.08. The van der Waals surface area contributed by atoms with Gasteiger partial charge < -0.3 is 5.11 Å². The fraction of sp³-hybridized carbons (Fsp3) is 1.00. The molecule has 0 saturated carbocycles. The third kappa shape index (κ3) is 1.83. The molecule has 0 aromatic heterocycles. The molecular weight excluding hydrogens is 192 g/mol. The first-order valence-electron chi connectivity index (χ1n) is 6.05. The molecule has 2 bridgehead atoms. The van der Waals surface area contributed by atoms with Crippen molar-refractivity contribution in [2.75, 3.05) is 0 Å². The molecule has 0 spiro atoms. The van der Waals surface area contributed by atoms with Gasteiger partial charge in [0.2, 0.25) is 0 Å². The Labute approximate surface area is 91.7 Å². The zero-order valence-corrected chi connectivity index (χ0v) is 10.1. The van der Waals surface area contributed by atoms with Crippen molar-refractivity contribution in [3.63, 3.8) is 0 Å². The summed E-state index contributed by atoms with van der Waals surface area (Å²) in [7, 11) is 0. The number of fused-ring (bicyclic) bond motifs is 2. The predicted octanol–water partition coefficient (Wildman–Crippen LogP) is 3.21. The predicted molar refractivity (Wildman–Crippen MR) is 62.7 cm³/mol. The van der Waals surface area contributed by atoms with Crippen LogP contribution in [0.3, 0.4) is 0 Å². The van der Waals surface area contributed by atoms with E-state index in [0.717, 1.165) is 36.2 Å². The molecule has 82 valence electrons. The molecule has 1 nitrogen and oxygen atoms in total. The van der Waals surface area contributed by atoms with Crippen molar-refractivity contribution in [1.82, 2.24) is 0 Å². The SMILES string of the molecule is CCC(CC)C1(O)CC2CCC(C1)S2. The van der Waals surface area contributed by atoms with Crippen molar-refractivity contribution in [2.24, 2.45) is 5.92 Å². The summed E-state index contributed by atoms with van der Waals surface area (Å²) in [5, 5.41) is 12.2. The summed E-state index contributed by atoms with van der Waals surface area (Å²) in [4.78, 5) is 0. The summed E-state index contributed by atoms with van der Waals surface area (Å²) in [6.45, 7) is 4.44. The summed E-state index contributed by atoms with van der Waals surface area (Å²) in [5.41, 5.74) is -0.319. The second kappa shape index (κ2) is 4.05. The van der Waals surface area contributed by atoms with E-state index in [1.54, 1.807) is 0 Å². The van der Waals surface area contributed by atoms with E-state index in [1.807, 2.05) is 0 Å². The Hall–Kier alpha value is 0.310. The standard InChI is InChI=1S/C12H22OS/c1-3-9(4-2)12(13)7-10-5-6-11(8-12)14-10/h9-11,13H,3-8H2,1-2H3. The summed E-state index contributed by atoms with van der Waals surface area (Å²) in [6.07, 6.45) is 7.07. The number of aliphatic hydroxyl groups is 1. The summed E-state index contributed by atoms with van der Waals surface area (Å²) in [6, 6.07) is 0. The maximum atomic E-state index is 10.7. The molecule has 0 aliphatic carbocycles. The zero-order chi connectivity index (χ0) is 10.2. The van der Waals surface area contributed by atoms with Crippen molar-refractivity contribution in [3.05, 3.63) is 0 Å². The van der Waals surface area contributed by atoms with E-state index in [4.69, 9.17) is 0 Å². The Morgan fingerprint density at radius 2 is 1.71 bits per heavy atom. The van der Waals surface area contributed by atoms with Gasteiger partial charge in [-0.3, -0.25) is 0 Å². The van der Waals surface area contributed by atoms with Gasteiger partial charge in [-0.1, -0.05) is 26.7 Å². The van der Waals surface area contributed by atoms with Crippen LogP contribution in [0.25, 0.3) is 0 Å². The fourth-order valence-corrected chi connectivity index (χ4v) is 5.19. The monoisotopic (exact) mass is 214 g/mol. The van der Waals surface area contributed by atoms with Crippen LogP contribution in [0.2, 0.25) is 0 Å². The Morgan fingerprint density at radius 1 is 1.21 bits per heavy atom. The second-order valence-corrected chi connectivity index (χ2v) is 6.59. The van der Waals surface area contributed by atoms with Crippen LogP contribution in [0.4, 0.5) is 0 Å². The average molecular weight is 214 g/mol. The van der Waals surface area contributed by atoms with Gasteiger partial charge in [0.15, 0.2) is 0 Å². The number of rotatable bonds is 3. The Bertz CT molecular complexity index is 188. The second-order valence-electron chi connectivity index (χ2n) is 4.98. The third-order valence-corrected chi connectivity index (χ3v) is 5.68. The van der Waals surface area contributed by atoms with Crippen LogP contribution in [-0.2, 0) is 0 Å². The van der Waals surface area contributed by atoms with E-state index in [2.05, 4.69) is 25.6 Å². The van der Waals surface area contributed by atoms with Crippen LogP contribution in [0.15, 0.2) is 0 Å². The molecule has 2 aliphatic rings. The molecule has 2 rings (SSSR count). The Kier molecular flexibility index (Phi) is 3.13. The molecule has 2 saturated heterocycles. The highest BCUT2D eigenvalue weighted by Crippen LogP contribution is 2.50. The Morgan fingerprint density at radius 3 is 2.14 bits per heavy atom. The van der Waals surface area contributed by atoms with E-state index >= 15 is 0 Å². The first-order chi connectivity index (χ1) is 6.68. The molecule has 2 atom stereocenters. The molecule has 2 fully saturated rings. The van der Waals surface area contributed by atoms with Gasteiger partial charge in [0.25, 0.3) is 0 Å². The molecule has 0 aromatic carbocycles. The summed E-state index contributed by atoms with van der Waals surface area (Å²) in [5.74, 6) is 0.534. The minimum atomic E-state index is -0.319. The first-order valence-corrected chi connectivity index (χ1v) is 7.00. The van der Waals surface area contributed by atoms with Crippen molar-refractivity contribution < 1.29 is 5.11 Å². The maximum Gasteiger partial charge on any atom is 0.0696 e. The van der Waals surface area contributed by atoms with Crippen molar-refractivity contribution in [2.45, 2.75) is 68.5 Å². The van der Waals surface area contributed by atoms with Crippen molar-refractivity contribution in [3.8, 4) is 0 Å². The lowest BCUT2D eigenvalue weighted by molar-refractivity contribution is -0.0359. The highest BCUT2D eigenvalue weighted by Gasteiger charge is 2.46. The highest BCUT2D eigenvalue weighted by molar-refractivity contribution is 8.00. The minimum absolute atomic E-state index is 0.319. The molecule has 2 unspecified atom stereocenters. The molecular formula is C12H22OS. The largest absolute Gasteiger partial charge is 0.390 e. The molecule has 1 N–H and O–H groups in total. The molecule has 0 amide bonds. The quantitative estimate of drug-likeness (QED) is 0.778. The third-order valence-electron chi connectivity index (χ3n) is 4.10. The van der Waals surface area contributed by atoms with Crippen LogP contribution in [-0.4, -0.2) is 21.2 Å². The van der Waals surface area contributed by atoms with Crippen LogP contribution in [0.1, 0.15) is 52.4 Å². The molecule has 2 aliphatic heterocycles. The molecule has 2 heteroatoms. The summed E-state index contributed by atoms with van der Waals surface area (Å²) < 4.78 is 0. The van der Waals surface area contributed by atoms with Gasteiger partial charge in [-0.05, 0) is 31.6 Å². The van der Waals surface area contributed by atoms with Gasteiger partial charge in [-0.15, -0.1) is 0 Å². The van der Waals surface area contributed by atoms with Crippen LogP contribution < -0.4 is 0 Å². The lowest BCUT2D eigenvalue weighted by Crippen LogP contribution is -2.43. The minimum Gasteiger partial charge on any atom is -0.390 e. The van der Waals surface area contributed by atoms with Gasteiger partial charge in [0.1, 0.15) is 0 Å². The number of thioether (sulfide) groups is 1. The van der Waals surface area contributed by atoms with Gasteiger partial charge >= 0.3 is 0 Å². The average Bonchev–Trinajstić information content (AvgIpc) is 2.48. The summed E-state index contributed by atoms with van der Waals surface area (Å²) >= 11 is 2.13. The lowest BCUT2D eigenvalue weighted by atomic mass is 9.78. The maximum absolute atomic E-state index is 10.7. The van der Waals surface area contributed by atoms with Gasteiger partial charge in [0.05, 0.1) is 5.60 Å². The lowest BCUT2D eigenvalue weighted by Gasteiger charge is -2.41. The van der Waals surface area contributed by atoms with Crippen molar-refractivity contribution in [1.29, 1.82) is 0 Å². The number of hydrogen-bond acceptors (Lipinski definition) is 2. The van der Waals surface area contributed by atoms with E-state index in [9.17, 15) is 5.11 Å². The van der Waals surface area contributed by atoms with Gasteiger partial charge in [0, 0.05) is 10.5 Å². The molecule has 0 aromatic rings. The first kappa shape index (κ1) is 10.8. The normalized spacial score (nSPS) is 42.0. The van der Waals surface area contributed by atoms with Gasteiger partial charge in [-0.25, -0.2) is 0 Å². The molecule has 14 heavy (non-hydrogen) atoms. The fourth-order valence-electron chi connectivity index (χ4n) is 3.33.